The Balaban J connectivity index is 1.70. The number of amides is 1. The van der Waals surface area contributed by atoms with Crippen molar-refractivity contribution in [3.63, 3.8) is 0 Å². The maximum atomic E-state index is 13.6. The number of rotatable bonds is 5. The highest BCUT2D eigenvalue weighted by molar-refractivity contribution is 5.94. The van der Waals surface area contributed by atoms with Crippen LogP contribution < -0.4 is 5.32 Å². The number of nitrogens with zero attached hydrogens (tertiary/aromatic N) is 3. The van der Waals surface area contributed by atoms with E-state index in [0.29, 0.717) is 11.3 Å². The SMILES string of the molecule is O=C(NCC(O)c1c(F)cccc1F)c1cccc(-n2cncn2)c1. The zero-order valence-electron chi connectivity index (χ0n) is 12.9. The smallest absolute Gasteiger partial charge is 0.251 e. The highest BCUT2D eigenvalue weighted by Crippen LogP contribution is 2.20. The summed E-state index contributed by atoms with van der Waals surface area (Å²) in [7, 11) is 0. The van der Waals surface area contributed by atoms with Gasteiger partial charge in [0.1, 0.15) is 30.4 Å². The molecular formula is C17H14F2N4O2. The molecule has 1 aromatic heterocycles. The molecule has 1 amide bonds. The zero-order chi connectivity index (χ0) is 17.8. The van der Waals surface area contributed by atoms with Crippen LogP contribution in [0.25, 0.3) is 5.69 Å². The Morgan fingerprint density at radius 2 is 1.92 bits per heavy atom. The van der Waals surface area contributed by atoms with E-state index in [1.165, 1.54) is 23.4 Å². The van der Waals surface area contributed by atoms with Gasteiger partial charge in [-0.15, -0.1) is 0 Å². The fourth-order valence-electron chi connectivity index (χ4n) is 2.35. The number of aromatic nitrogens is 3. The minimum Gasteiger partial charge on any atom is -0.386 e. The van der Waals surface area contributed by atoms with Crippen molar-refractivity contribution < 1.29 is 18.7 Å². The van der Waals surface area contributed by atoms with Crippen LogP contribution in [0.5, 0.6) is 0 Å². The first-order valence-corrected chi connectivity index (χ1v) is 7.41. The van der Waals surface area contributed by atoms with E-state index in [-0.39, 0.29) is 6.54 Å². The molecule has 0 saturated heterocycles. The fraction of sp³-hybridized carbons (Fsp3) is 0.118. The third-order valence-electron chi connectivity index (χ3n) is 3.58. The van der Waals surface area contributed by atoms with Gasteiger partial charge in [0.05, 0.1) is 11.3 Å². The van der Waals surface area contributed by atoms with Crippen molar-refractivity contribution in [3.05, 3.63) is 77.9 Å². The molecule has 2 aromatic carbocycles. The zero-order valence-corrected chi connectivity index (χ0v) is 12.9. The molecule has 3 aromatic rings. The van der Waals surface area contributed by atoms with Gasteiger partial charge in [-0.25, -0.2) is 18.4 Å². The van der Waals surface area contributed by atoms with Crippen molar-refractivity contribution in [2.24, 2.45) is 0 Å². The lowest BCUT2D eigenvalue weighted by Crippen LogP contribution is -2.29. The number of carbonyl (C=O) groups excluding carboxylic acids is 1. The maximum absolute atomic E-state index is 13.6. The molecular weight excluding hydrogens is 330 g/mol. The second-order valence-corrected chi connectivity index (χ2v) is 5.25. The summed E-state index contributed by atoms with van der Waals surface area (Å²) in [6, 6.07) is 9.87. The van der Waals surface area contributed by atoms with Crippen LogP contribution in [-0.4, -0.2) is 32.3 Å². The largest absolute Gasteiger partial charge is 0.386 e. The molecule has 3 rings (SSSR count). The molecule has 0 bridgehead atoms. The average Bonchev–Trinajstić information content (AvgIpc) is 3.14. The Bertz CT molecular complexity index is 864. The van der Waals surface area contributed by atoms with Gasteiger partial charge < -0.3 is 10.4 Å². The van der Waals surface area contributed by atoms with Crippen LogP contribution in [0.15, 0.2) is 55.1 Å². The van der Waals surface area contributed by atoms with E-state index in [0.717, 1.165) is 12.1 Å². The maximum Gasteiger partial charge on any atom is 0.251 e. The molecule has 0 aliphatic heterocycles. The summed E-state index contributed by atoms with van der Waals surface area (Å²) < 4.78 is 28.7. The molecule has 0 aliphatic carbocycles. The molecule has 0 fully saturated rings. The first-order chi connectivity index (χ1) is 12.1. The summed E-state index contributed by atoms with van der Waals surface area (Å²) in [5.41, 5.74) is 0.471. The Labute approximate surface area is 141 Å². The molecule has 2 N–H and O–H groups in total. The van der Waals surface area contributed by atoms with E-state index in [9.17, 15) is 18.7 Å². The Morgan fingerprint density at radius 3 is 2.60 bits per heavy atom. The van der Waals surface area contributed by atoms with Gasteiger partial charge in [-0.3, -0.25) is 4.79 Å². The number of carbonyl (C=O) groups is 1. The van der Waals surface area contributed by atoms with Crippen molar-refractivity contribution in [3.8, 4) is 5.69 Å². The number of aliphatic hydroxyl groups is 1. The quantitative estimate of drug-likeness (QED) is 0.742. The predicted octanol–water partition coefficient (Wildman–Crippen LogP) is 2.01. The highest BCUT2D eigenvalue weighted by atomic mass is 19.1. The molecule has 0 radical (unpaired) electrons. The topological polar surface area (TPSA) is 80.0 Å². The minimum absolute atomic E-state index is 0.314. The third-order valence-corrected chi connectivity index (χ3v) is 3.58. The van der Waals surface area contributed by atoms with Crippen molar-refractivity contribution in [2.45, 2.75) is 6.10 Å². The number of aliphatic hydroxyl groups excluding tert-OH is 1. The molecule has 6 nitrogen and oxygen atoms in total. The normalized spacial score (nSPS) is 12.0. The van der Waals surface area contributed by atoms with Gasteiger partial charge in [0.2, 0.25) is 0 Å². The van der Waals surface area contributed by atoms with E-state index in [1.807, 2.05) is 0 Å². The number of benzene rings is 2. The van der Waals surface area contributed by atoms with Crippen molar-refractivity contribution in [2.75, 3.05) is 6.54 Å². The van der Waals surface area contributed by atoms with E-state index < -0.39 is 29.2 Å². The first-order valence-electron chi connectivity index (χ1n) is 7.41. The van der Waals surface area contributed by atoms with E-state index in [1.54, 1.807) is 24.3 Å². The summed E-state index contributed by atoms with van der Waals surface area (Å²) >= 11 is 0. The fourth-order valence-corrected chi connectivity index (χ4v) is 2.35. The third kappa shape index (κ3) is 3.69. The number of hydrogen-bond donors (Lipinski definition) is 2. The molecule has 8 heteroatoms. The minimum atomic E-state index is -1.50. The van der Waals surface area contributed by atoms with E-state index in [2.05, 4.69) is 15.4 Å². The molecule has 1 unspecified atom stereocenters. The summed E-state index contributed by atoms with van der Waals surface area (Å²) in [4.78, 5) is 16.0. The molecule has 0 spiro atoms. The Morgan fingerprint density at radius 1 is 1.20 bits per heavy atom. The van der Waals surface area contributed by atoms with Crippen LogP contribution in [0.2, 0.25) is 0 Å². The standard InChI is InChI=1S/C17H14F2N4O2/c18-13-5-2-6-14(19)16(13)15(24)8-21-17(25)11-3-1-4-12(7-11)23-10-20-9-22-23/h1-7,9-10,15,24H,8H2,(H,21,25). The summed E-state index contributed by atoms with van der Waals surface area (Å²) in [5, 5.41) is 16.4. The van der Waals surface area contributed by atoms with Crippen LogP contribution in [0.3, 0.4) is 0 Å². The van der Waals surface area contributed by atoms with Crippen molar-refractivity contribution in [1.82, 2.24) is 20.1 Å². The first kappa shape index (κ1) is 16.7. The van der Waals surface area contributed by atoms with Crippen LogP contribution in [0.4, 0.5) is 8.78 Å². The molecule has 1 heterocycles. The lowest BCUT2D eigenvalue weighted by Gasteiger charge is -2.14. The summed E-state index contributed by atoms with van der Waals surface area (Å²) in [6.45, 7) is -0.329. The monoisotopic (exact) mass is 344 g/mol. The molecule has 0 aliphatic rings. The second kappa shape index (κ2) is 7.18. The Kier molecular flexibility index (Phi) is 4.80. The number of hydrogen-bond acceptors (Lipinski definition) is 4. The summed E-state index contributed by atoms with van der Waals surface area (Å²) in [6.07, 6.45) is 1.36. The highest BCUT2D eigenvalue weighted by Gasteiger charge is 2.18. The van der Waals surface area contributed by atoms with Gasteiger partial charge >= 0.3 is 0 Å². The van der Waals surface area contributed by atoms with Crippen LogP contribution in [0.1, 0.15) is 22.0 Å². The van der Waals surface area contributed by atoms with E-state index in [4.69, 9.17) is 0 Å². The van der Waals surface area contributed by atoms with Crippen LogP contribution in [0, 0.1) is 11.6 Å². The van der Waals surface area contributed by atoms with Crippen LogP contribution >= 0.6 is 0 Å². The molecule has 0 saturated carbocycles. The van der Waals surface area contributed by atoms with Crippen LogP contribution in [-0.2, 0) is 0 Å². The van der Waals surface area contributed by atoms with Gasteiger partial charge in [-0.2, -0.15) is 5.10 Å². The van der Waals surface area contributed by atoms with Gasteiger partial charge in [0.25, 0.3) is 5.91 Å². The molecule has 1 atom stereocenters. The predicted molar refractivity (Wildman–Crippen MR) is 85.0 cm³/mol. The van der Waals surface area contributed by atoms with Gasteiger partial charge in [-0.05, 0) is 30.3 Å². The molecule has 128 valence electrons. The summed E-state index contributed by atoms with van der Waals surface area (Å²) in [5.74, 6) is -2.22. The van der Waals surface area contributed by atoms with Crippen molar-refractivity contribution in [1.29, 1.82) is 0 Å². The average molecular weight is 344 g/mol. The number of nitrogens with one attached hydrogen (secondary N) is 1. The van der Waals surface area contributed by atoms with Gasteiger partial charge in [0.15, 0.2) is 0 Å². The lowest BCUT2D eigenvalue weighted by molar-refractivity contribution is 0.0911. The number of halogens is 2. The second-order valence-electron chi connectivity index (χ2n) is 5.25. The van der Waals surface area contributed by atoms with Gasteiger partial charge in [0, 0.05) is 12.1 Å². The molecule has 25 heavy (non-hydrogen) atoms. The Hall–Kier alpha value is -3.13. The van der Waals surface area contributed by atoms with Crippen molar-refractivity contribution >= 4 is 5.91 Å². The lowest BCUT2D eigenvalue weighted by atomic mass is 10.1. The van der Waals surface area contributed by atoms with Gasteiger partial charge in [-0.1, -0.05) is 12.1 Å². The van der Waals surface area contributed by atoms with E-state index >= 15 is 0 Å².